The van der Waals surface area contributed by atoms with Gasteiger partial charge in [0.1, 0.15) is 0 Å². The smallest absolute Gasteiger partial charge is 0.310 e. The summed E-state index contributed by atoms with van der Waals surface area (Å²) in [5.74, 6) is -0.224. The first-order valence-corrected chi connectivity index (χ1v) is 8.32. The van der Waals surface area contributed by atoms with Crippen LogP contribution in [0.5, 0.6) is 0 Å². The molecule has 1 heterocycles. The van der Waals surface area contributed by atoms with E-state index in [4.69, 9.17) is 4.74 Å². The summed E-state index contributed by atoms with van der Waals surface area (Å²) in [4.78, 5) is 12.4. The average molecular weight is 309 g/mol. The summed E-state index contributed by atoms with van der Waals surface area (Å²) in [6.45, 7) is 2.29. The van der Waals surface area contributed by atoms with Crippen LogP contribution in [0.1, 0.15) is 43.0 Å². The molecule has 0 saturated carbocycles. The second kappa shape index (κ2) is 7.42. The molecule has 3 rings (SSSR count). The predicted octanol–water partition coefficient (Wildman–Crippen LogP) is 4.03. The third kappa shape index (κ3) is 3.62. The third-order valence-corrected chi connectivity index (χ3v) is 4.50. The molecule has 0 aliphatic carbocycles. The first-order valence-electron chi connectivity index (χ1n) is 8.32. The molecule has 0 spiro atoms. The number of benzene rings is 2. The number of esters is 1. The molecule has 3 heteroatoms. The van der Waals surface area contributed by atoms with Crippen LogP contribution in [0, 0.1) is 5.92 Å². The molecular weight excluding hydrogens is 286 g/mol. The summed E-state index contributed by atoms with van der Waals surface area (Å²) in [6, 6.07) is 20.9. The van der Waals surface area contributed by atoms with Gasteiger partial charge >= 0.3 is 5.97 Å². The van der Waals surface area contributed by atoms with E-state index in [0.717, 1.165) is 18.4 Å². The maximum absolute atomic E-state index is 12.4. The van der Waals surface area contributed by atoms with E-state index in [0.29, 0.717) is 6.61 Å². The highest BCUT2D eigenvalue weighted by atomic mass is 16.5. The molecule has 1 aliphatic heterocycles. The Balaban J connectivity index is 1.85. The van der Waals surface area contributed by atoms with Crippen molar-refractivity contribution in [2.24, 2.45) is 5.92 Å². The molecule has 1 aliphatic rings. The topological polar surface area (TPSA) is 38.3 Å². The monoisotopic (exact) mass is 309 g/mol. The van der Waals surface area contributed by atoms with Crippen molar-refractivity contribution in [3.05, 3.63) is 71.8 Å². The van der Waals surface area contributed by atoms with Crippen LogP contribution in [0.25, 0.3) is 0 Å². The molecule has 0 radical (unpaired) electrons. The lowest BCUT2D eigenvalue weighted by Crippen LogP contribution is -2.40. The Morgan fingerprint density at radius 3 is 2.22 bits per heavy atom. The number of piperidine rings is 1. The van der Waals surface area contributed by atoms with Crippen molar-refractivity contribution in [1.29, 1.82) is 0 Å². The van der Waals surface area contributed by atoms with Crippen LogP contribution in [0.3, 0.4) is 0 Å². The maximum atomic E-state index is 12.4. The van der Waals surface area contributed by atoms with Gasteiger partial charge in [-0.25, -0.2) is 0 Å². The van der Waals surface area contributed by atoms with Crippen LogP contribution in [-0.2, 0) is 9.53 Å². The van der Waals surface area contributed by atoms with Gasteiger partial charge < -0.3 is 10.1 Å². The number of carbonyl (C=O) groups excluding carboxylic acids is 1. The van der Waals surface area contributed by atoms with Crippen LogP contribution < -0.4 is 5.32 Å². The SMILES string of the molecule is CCOC(=O)C1CCC(c2ccccc2)NC1c1ccccc1. The number of carbonyl (C=O) groups is 1. The van der Waals surface area contributed by atoms with Crippen LogP contribution >= 0.6 is 0 Å². The molecule has 0 bridgehead atoms. The Morgan fingerprint density at radius 2 is 1.61 bits per heavy atom. The first kappa shape index (κ1) is 15.8. The molecule has 3 unspecified atom stereocenters. The normalized spacial score (nSPS) is 24.1. The summed E-state index contributed by atoms with van der Waals surface area (Å²) in [5.41, 5.74) is 2.42. The quantitative estimate of drug-likeness (QED) is 0.867. The van der Waals surface area contributed by atoms with Crippen LogP contribution in [0.2, 0.25) is 0 Å². The van der Waals surface area contributed by atoms with E-state index in [1.165, 1.54) is 5.56 Å². The van der Waals surface area contributed by atoms with Crippen molar-refractivity contribution in [3.63, 3.8) is 0 Å². The zero-order valence-electron chi connectivity index (χ0n) is 13.4. The molecular formula is C20H23NO2. The number of hydrogen-bond acceptors (Lipinski definition) is 3. The van der Waals surface area contributed by atoms with Crippen LogP contribution in [0.4, 0.5) is 0 Å². The summed E-state index contributed by atoms with van der Waals surface area (Å²) in [7, 11) is 0. The molecule has 0 amide bonds. The van der Waals surface area contributed by atoms with Gasteiger partial charge in [0.2, 0.25) is 0 Å². The number of nitrogens with one attached hydrogen (secondary N) is 1. The van der Waals surface area contributed by atoms with Gasteiger partial charge in [0.15, 0.2) is 0 Å². The van der Waals surface area contributed by atoms with Gasteiger partial charge in [-0.05, 0) is 30.9 Å². The molecule has 2 aromatic rings. The van der Waals surface area contributed by atoms with E-state index in [2.05, 4.69) is 41.7 Å². The van der Waals surface area contributed by atoms with Crippen molar-refractivity contribution >= 4 is 5.97 Å². The standard InChI is InChI=1S/C20H23NO2/c1-2-23-20(22)17-13-14-18(15-9-5-3-6-10-15)21-19(17)16-11-7-4-8-12-16/h3-12,17-19,21H,2,13-14H2,1H3. The Bertz CT molecular complexity index is 627. The Labute approximate surface area is 137 Å². The zero-order chi connectivity index (χ0) is 16.1. The van der Waals surface area contributed by atoms with E-state index < -0.39 is 0 Å². The molecule has 1 N–H and O–H groups in total. The Kier molecular flexibility index (Phi) is 5.09. The first-order chi connectivity index (χ1) is 11.3. The fourth-order valence-electron chi connectivity index (χ4n) is 3.37. The lowest BCUT2D eigenvalue weighted by atomic mass is 9.82. The van der Waals surface area contributed by atoms with Crippen molar-refractivity contribution in [1.82, 2.24) is 5.32 Å². The molecule has 1 saturated heterocycles. The summed E-state index contributed by atoms with van der Waals surface area (Å²) in [6.07, 6.45) is 1.78. The van der Waals surface area contributed by atoms with Gasteiger partial charge in [-0.2, -0.15) is 0 Å². The lowest BCUT2D eigenvalue weighted by molar-refractivity contribution is -0.150. The van der Waals surface area contributed by atoms with Crippen molar-refractivity contribution < 1.29 is 9.53 Å². The van der Waals surface area contributed by atoms with E-state index >= 15 is 0 Å². The summed E-state index contributed by atoms with van der Waals surface area (Å²) >= 11 is 0. The minimum Gasteiger partial charge on any atom is -0.466 e. The third-order valence-electron chi connectivity index (χ3n) is 4.50. The van der Waals surface area contributed by atoms with Crippen molar-refractivity contribution in [3.8, 4) is 0 Å². The number of hydrogen-bond donors (Lipinski definition) is 1. The van der Waals surface area contributed by atoms with Gasteiger partial charge in [0.25, 0.3) is 0 Å². The van der Waals surface area contributed by atoms with Gasteiger partial charge in [-0.15, -0.1) is 0 Å². The minimum absolute atomic E-state index is 0.00536. The predicted molar refractivity (Wildman–Crippen MR) is 90.9 cm³/mol. The van der Waals surface area contributed by atoms with Gasteiger partial charge in [0, 0.05) is 12.1 Å². The molecule has 0 aromatic heterocycles. The van der Waals surface area contributed by atoms with Gasteiger partial charge in [0.05, 0.1) is 12.5 Å². The van der Waals surface area contributed by atoms with Gasteiger partial charge in [-0.3, -0.25) is 4.79 Å². The molecule has 3 atom stereocenters. The molecule has 2 aromatic carbocycles. The second-order valence-corrected chi connectivity index (χ2v) is 5.95. The van der Waals surface area contributed by atoms with Crippen molar-refractivity contribution in [2.45, 2.75) is 31.8 Å². The molecule has 120 valence electrons. The maximum Gasteiger partial charge on any atom is 0.310 e. The highest BCUT2D eigenvalue weighted by Crippen LogP contribution is 2.37. The van der Waals surface area contributed by atoms with Crippen LogP contribution in [-0.4, -0.2) is 12.6 Å². The Morgan fingerprint density at radius 1 is 1.00 bits per heavy atom. The highest BCUT2D eigenvalue weighted by Gasteiger charge is 2.36. The van der Waals surface area contributed by atoms with E-state index in [1.54, 1.807) is 0 Å². The fraction of sp³-hybridized carbons (Fsp3) is 0.350. The van der Waals surface area contributed by atoms with Gasteiger partial charge in [-0.1, -0.05) is 60.7 Å². The highest BCUT2D eigenvalue weighted by molar-refractivity contribution is 5.74. The average Bonchev–Trinajstić information content (AvgIpc) is 2.63. The summed E-state index contributed by atoms with van der Waals surface area (Å²) < 4.78 is 5.30. The fourth-order valence-corrected chi connectivity index (χ4v) is 3.37. The Hall–Kier alpha value is -2.13. The van der Waals surface area contributed by atoms with E-state index in [-0.39, 0.29) is 24.0 Å². The molecule has 1 fully saturated rings. The van der Waals surface area contributed by atoms with E-state index in [1.807, 2.05) is 31.2 Å². The van der Waals surface area contributed by atoms with Crippen molar-refractivity contribution in [2.75, 3.05) is 6.61 Å². The largest absolute Gasteiger partial charge is 0.466 e. The lowest BCUT2D eigenvalue weighted by Gasteiger charge is -2.37. The minimum atomic E-state index is -0.127. The summed E-state index contributed by atoms with van der Waals surface area (Å²) in [5, 5.41) is 3.67. The van der Waals surface area contributed by atoms with E-state index in [9.17, 15) is 4.79 Å². The molecule has 3 nitrogen and oxygen atoms in total. The van der Waals surface area contributed by atoms with Crippen LogP contribution in [0.15, 0.2) is 60.7 Å². The molecule has 23 heavy (non-hydrogen) atoms. The number of rotatable bonds is 4. The zero-order valence-corrected chi connectivity index (χ0v) is 13.4. The number of ether oxygens (including phenoxy) is 1. The second-order valence-electron chi connectivity index (χ2n) is 5.95.